The molecule has 42 heavy (non-hydrogen) atoms. The van der Waals surface area contributed by atoms with E-state index in [1.54, 1.807) is 64.2 Å². The van der Waals surface area contributed by atoms with Crippen LogP contribution in [-0.2, 0) is 20.8 Å². The molecule has 4 rings (SSSR count). The Balaban J connectivity index is 1.53. The Morgan fingerprint density at radius 3 is 2.40 bits per heavy atom. The first-order valence-corrected chi connectivity index (χ1v) is 13.0. The molecule has 0 atom stereocenters. The van der Waals surface area contributed by atoms with E-state index in [4.69, 9.17) is 9.47 Å². The van der Waals surface area contributed by atoms with E-state index in [1.807, 2.05) is 12.1 Å². The minimum atomic E-state index is -0.790. The third-order valence-electron chi connectivity index (χ3n) is 5.66. The predicted molar refractivity (Wildman–Crippen MR) is 155 cm³/mol. The molecule has 214 valence electrons. The average Bonchev–Trinajstić information content (AvgIpc) is 2.95. The number of aromatic nitrogens is 3. The lowest BCUT2D eigenvalue weighted by molar-refractivity contribution is -0.143. The standard InChI is InChI=1S/C31H29N5O6/c1-5-41-28(38)19-36-15-13-21(16-27(36)37)7-6-20-8-10-22(11-9-20)26-17-23(24-18-32-14-12-25(24)33-26)29(39)34-35-30(40)42-31(2,3)4/h8-18H,5,19H2,1-4H3,(H,34,39)(H,35,40). The first kappa shape index (κ1) is 29.5. The van der Waals surface area contributed by atoms with Crippen molar-refractivity contribution in [3.63, 3.8) is 0 Å². The van der Waals surface area contributed by atoms with Gasteiger partial charge in [0.2, 0.25) is 0 Å². The van der Waals surface area contributed by atoms with Crippen molar-refractivity contribution in [3.8, 4) is 23.1 Å². The van der Waals surface area contributed by atoms with Crippen LogP contribution in [0.3, 0.4) is 0 Å². The number of hydrogen-bond donors (Lipinski definition) is 2. The molecule has 2 amide bonds. The van der Waals surface area contributed by atoms with Crippen LogP contribution < -0.4 is 16.4 Å². The zero-order chi connectivity index (χ0) is 30.3. The summed E-state index contributed by atoms with van der Waals surface area (Å²) in [7, 11) is 0. The molecule has 0 aliphatic heterocycles. The number of carbonyl (C=O) groups excluding carboxylic acids is 3. The summed E-state index contributed by atoms with van der Waals surface area (Å²) >= 11 is 0. The second kappa shape index (κ2) is 12.8. The van der Waals surface area contributed by atoms with Crippen LogP contribution in [0.4, 0.5) is 4.79 Å². The third-order valence-corrected chi connectivity index (χ3v) is 5.66. The van der Waals surface area contributed by atoms with Crippen LogP contribution in [0.5, 0.6) is 0 Å². The fraction of sp³-hybridized carbons (Fsp3) is 0.226. The maximum Gasteiger partial charge on any atom is 0.426 e. The summed E-state index contributed by atoms with van der Waals surface area (Å²) in [6, 6.07) is 13.5. The Morgan fingerprint density at radius 1 is 0.976 bits per heavy atom. The fourth-order valence-electron chi connectivity index (χ4n) is 3.81. The van der Waals surface area contributed by atoms with E-state index in [1.165, 1.54) is 23.0 Å². The van der Waals surface area contributed by atoms with E-state index >= 15 is 0 Å². The minimum Gasteiger partial charge on any atom is -0.465 e. The Hall–Kier alpha value is -5.50. The summed E-state index contributed by atoms with van der Waals surface area (Å²) in [6.07, 6.45) is 3.82. The number of fused-ring (bicyclic) bond motifs is 1. The largest absolute Gasteiger partial charge is 0.465 e. The number of pyridine rings is 3. The maximum absolute atomic E-state index is 13.0. The summed E-state index contributed by atoms with van der Waals surface area (Å²) < 4.78 is 11.3. The minimum absolute atomic E-state index is 0.162. The topological polar surface area (TPSA) is 142 Å². The normalized spacial score (nSPS) is 10.8. The number of rotatable bonds is 5. The van der Waals surface area contributed by atoms with Gasteiger partial charge in [0.05, 0.1) is 23.4 Å². The SMILES string of the molecule is CCOC(=O)Cn1ccc(C#Cc2ccc(-c3cc(C(=O)NNC(=O)OC(C)(C)C)c4cnccc4n3)cc2)cc1=O. The van der Waals surface area contributed by atoms with Crippen LogP contribution in [-0.4, -0.2) is 44.7 Å². The second-order valence-electron chi connectivity index (χ2n) is 10.0. The Kier molecular flexibility index (Phi) is 8.97. The molecule has 11 nitrogen and oxygen atoms in total. The maximum atomic E-state index is 13.0. The lowest BCUT2D eigenvalue weighted by Crippen LogP contribution is -2.44. The number of carbonyl (C=O) groups is 3. The van der Waals surface area contributed by atoms with Gasteiger partial charge in [-0.05, 0) is 58.0 Å². The van der Waals surface area contributed by atoms with Gasteiger partial charge in [-0.3, -0.25) is 24.8 Å². The van der Waals surface area contributed by atoms with Gasteiger partial charge in [-0.15, -0.1) is 0 Å². The molecule has 3 heterocycles. The highest BCUT2D eigenvalue weighted by Crippen LogP contribution is 2.24. The molecule has 0 bridgehead atoms. The monoisotopic (exact) mass is 567 g/mol. The van der Waals surface area contributed by atoms with Crippen molar-refractivity contribution >= 4 is 28.9 Å². The van der Waals surface area contributed by atoms with Gasteiger partial charge in [-0.1, -0.05) is 24.0 Å². The first-order valence-electron chi connectivity index (χ1n) is 13.0. The molecule has 3 aromatic heterocycles. The lowest BCUT2D eigenvalue weighted by atomic mass is 10.0. The van der Waals surface area contributed by atoms with Crippen LogP contribution >= 0.6 is 0 Å². The summed E-state index contributed by atoms with van der Waals surface area (Å²) in [5.41, 5.74) is 6.82. The molecule has 0 saturated carbocycles. The molecule has 4 aromatic rings. The van der Waals surface area contributed by atoms with Gasteiger partial charge >= 0.3 is 12.1 Å². The van der Waals surface area contributed by atoms with Gasteiger partial charge in [0, 0.05) is 46.7 Å². The predicted octanol–water partition coefficient (Wildman–Crippen LogP) is 3.59. The van der Waals surface area contributed by atoms with Gasteiger partial charge in [0.1, 0.15) is 12.1 Å². The zero-order valence-corrected chi connectivity index (χ0v) is 23.6. The van der Waals surface area contributed by atoms with E-state index in [0.29, 0.717) is 27.7 Å². The van der Waals surface area contributed by atoms with Gasteiger partial charge in [0.25, 0.3) is 11.5 Å². The molecule has 0 saturated heterocycles. The molecule has 11 heteroatoms. The smallest absolute Gasteiger partial charge is 0.426 e. The summed E-state index contributed by atoms with van der Waals surface area (Å²) in [6.45, 7) is 6.93. The molecule has 0 aliphatic carbocycles. The average molecular weight is 568 g/mol. The van der Waals surface area contributed by atoms with E-state index in [-0.39, 0.29) is 24.3 Å². The quantitative estimate of drug-likeness (QED) is 0.212. The molecule has 2 N–H and O–H groups in total. The Labute approximate surface area is 241 Å². The number of nitrogens with one attached hydrogen (secondary N) is 2. The first-order chi connectivity index (χ1) is 20.0. The van der Waals surface area contributed by atoms with Crippen molar-refractivity contribution < 1.29 is 23.9 Å². The Bertz CT molecular complexity index is 1760. The van der Waals surface area contributed by atoms with E-state index in [9.17, 15) is 19.2 Å². The number of esters is 1. The third kappa shape index (κ3) is 7.79. The zero-order valence-electron chi connectivity index (χ0n) is 23.6. The van der Waals surface area contributed by atoms with E-state index in [0.717, 1.165) is 5.56 Å². The number of hydrogen-bond acceptors (Lipinski definition) is 8. The van der Waals surface area contributed by atoms with Crippen molar-refractivity contribution in [2.24, 2.45) is 0 Å². The van der Waals surface area contributed by atoms with Crippen LogP contribution in [0.25, 0.3) is 22.2 Å². The number of amides is 2. The van der Waals surface area contributed by atoms with Gasteiger partial charge in [-0.2, -0.15) is 0 Å². The van der Waals surface area contributed by atoms with Crippen LogP contribution in [0.2, 0.25) is 0 Å². The molecular formula is C31H29N5O6. The fourth-order valence-corrected chi connectivity index (χ4v) is 3.81. The van der Waals surface area contributed by atoms with E-state index in [2.05, 4.69) is 32.7 Å². The number of hydrazine groups is 1. The summed E-state index contributed by atoms with van der Waals surface area (Å²) in [5.74, 6) is 4.92. The van der Waals surface area contributed by atoms with Crippen LogP contribution in [0.15, 0.2) is 71.9 Å². The number of benzene rings is 1. The van der Waals surface area contributed by atoms with Gasteiger partial charge in [-0.25, -0.2) is 15.2 Å². The number of ether oxygens (including phenoxy) is 2. The highest BCUT2D eigenvalue weighted by molar-refractivity contribution is 6.07. The van der Waals surface area contributed by atoms with Crippen molar-refractivity contribution in [3.05, 3.63) is 94.2 Å². The molecule has 0 radical (unpaired) electrons. The summed E-state index contributed by atoms with van der Waals surface area (Å²) in [5, 5.41) is 0.511. The van der Waals surface area contributed by atoms with Crippen molar-refractivity contribution in [2.75, 3.05) is 6.61 Å². The van der Waals surface area contributed by atoms with Crippen molar-refractivity contribution in [2.45, 2.75) is 39.8 Å². The highest BCUT2D eigenvalue weighted by Gasteiger charge is 2.18. The van der Waals surface area contributed by atoms with Crippen molar-refractivity contribution in [1.82, 2.24) is 25.4 Å². The molecule has 0 aliphatic rings. The molecule has 1 aromatic carbocycles. The molecule has 0 fully saturated rings. The van der Waals surface area contributed by atoms with Gasteiger partial charge in [0.15, 0.2) is 0 Å². The lowest BCUT2D eigenvalue weighted by Gasteiger charge is -2.19. The Morgan fingerprint density at radius 2 is 1.71 bits per heavy atom. The molecular weight excluding hydrogens is 538 g/mol. The second-order valence-corrected chi connectivity index (χ2v) is 10.0. The highest BCUT2D eigenvalue weighted by atomic mass is 16.6. The van der Waals surface area contributed by atoms with Crippen molar-refractivity contribution in [1.29, 1.82) is 0 Å². The summed E-state index contributed by atoms with van der Waals surface area (Å²) in [4.78, 5) is 57.7. The van der Waals surface area contributed by atoms with Crippen LogP contribution in [0.1, 0.15) is 49.2 Å². The number of nitrogens with zero attached hydrogens (tertiary/aromatic N) is 3. The van der Waals surface area contributed by atoms with Crippen LogP contribution in [0, 0.1) is 11.8 Å². The van der Waals surface area contributed by atoms with E-state index < -0.39 is 23.6 Å². The molecule has 0 unspecified atom stereocenters. The van der Waals surface area contributed by atoms with Gasteiger partial charge < -0.3 is 14.0 Å². The molecule has 0 spiro atoms.